The number of halogens is 1. The normalized spacial score (nSPS) is 18.6. The summed E-state index contributed by atoms with van der Waals surface area (Å²) in [5, 5.41) is 3.37. The van der Waals surface area contributed by atoms with Gasteiger partial charge < -0.3 is 19.9 Å². The van der Waals surface area contributed by atoms with E-state index in [0.717, 1.165) is 77.4 Å². The number of likely N-dealkylation sites (N-methyl/N-ethyl adjacent to an activating group) is 1. The molecule has 1 atom stereocenters. The lowest BCUT2D eigenvalue weighted by molar-refractivity contribution is -0.137. The molecule has 2 fully saturated rings. The highest BCUT2D eigenvalue weighted by Crippen LogP contribution is 2.24. The highest BCUT2D eigenvalue weighted by atomic mass is 35.5. The van der Waals surface area contributed by atoms with Gasteiger partial charge in [-0.2, -0.15) is 0 Å². The molecule has 2 heterocycles. The molecule has 4 rings (SSSR count). The number of nitrogens with zero attached hydrogens (tertiary/aromatic N) is 3. The van der Waals surface area contributed by atoms with Crippen molar-refractivity contribution in [2.75, 3.05) is 60.0 Å². The number of likely N-dealkylation sites (tertiary alicyclic amines) is 1. The zero-order valence-electron chi connectivity index (χ0n) is 21.2. The van der Waals surface area contributed by atoms with Gasteiger partial charge in [0.15, 0.2) is 0 Å². The van der Waals surface area contributed by atoms with E-state index in [1.54, 1.807) is 7.11 Å². The van der Waals surface area contributed by atoms with Gasteiger partial charge in [0, 0.05) is 44.8 Å². The van der Waals surface area contributed by atoms with Crippen LogP contribution in [0.2, 0.25) is 0 Å². The highest BCUT2D eigenvalue weighted by Gasteiger charge is 2.34. The summed E-state index contributed by atoms with van der Waals surface area (Å²) in [4.78, 5) is 20.4. The molecule has 0 unspecified atom stereocenters. The van der Waals surface area contributed by atoms with Gasteiger partial charge in [0.05, 0.1) is 13.2 Å². The minimum atomic E-state index is -0.0722. The lowest BCUT2D eigenvalue weighted by Gasteiger charge is -2.40. The minimum absolute atomic E-state index is 0. The number of carbonyl (C=O) groups is 1. The van der Waals surface area contributed by atoms with Crippen molar-refractivity contribution in [1.29, 1.82) is 0 Å². The van der Waals surface area contributed by atoms with Gasteiger partial charge in [0.1, 0.15) is 5.75 Å². The lowest BCUT2D eigenvalue weighted by atomic mass is 9.88. The van der Waals surface area contributed by atoms with E-state index in [4.69, 9.17) is 4.74 Å². The summed E-state index contributed by atoms with van der Waals surface area (Å²) in [6.45, 7) is 7.51. The van der Waals surface area contributed by atoms with Gasteiger partial charge >= 0.3 is 0 Å². The van der Waals surface area contributed by atoms with Crippen molar-refractivity contribution in [3.8, 4) is 5.75 Å². The number of piperazine rings is 1. The molecule has 0 spiro atoms. The van der Waals surface area contributed by atoms with Crippen LogP contribution in [0, 0.1) is 5.92 Å². The van der Waals surface area contributed by atoms with Crippen LogP contribution in [0.1, 0.15) is 24.0 Å². The van der Waals surface area contributed by atoms with Crippen LogP contribution >= 0.6 is 12.4 Å². The van der Waals surface area contributed by atoms with Gasteiger partial charge in [-0.05, 0) is 56.9 Å². The fraction of sp³-hybridized carbons (Fsp3) is 0.536. The number of methoxy groups -OCH3 is 1. The van der Waals surface area contributed by atoms with Crippen molar-refractivity contribution < 1.29 is 9.53 Å². The maximum Gasteiger partial charge on any atom is 0.240 e. The van der Waals surface area contributed by atoms with Gasteiger partial charge in [0.2, 0.25) is 5.91 Å². The molecule has 7 heteroatoms. The number of hydrogen-bond donors (Lipinski definition) is 1. The SMILES string of the molecule is CN[C@@H](C(=O)N1CCN(Cc2ccccc2OC)CC1)C1CCN(CCc2ccccc2)CC1.Cl. The predicted molar refractivity (Wildman–Crippen MR) is 144 cm³/mol. The van der Waals surface area contributed by atoms with E-state index in [-0.39, 0.29) is 24.4 Å². The van der Waals surface area contributed by atoms with Gasteiger partial charge in [-0.25, -0.2) is 0 Å². The van der Waals surface area contributed by atoms with Gasteiger partial charge in [0.25, 0.3) is 0 Å². The molecular weight excluding hydrogens is 460 g/mol. The Balaban J connectivity index is 0.00000342. The molecule has 2 saturated heterocycles. The zero-order chi connectivity index (χ0) is 23.8. The molecule has 2 aromatic rings. The molecule has 192 valence electrons. The summed E-state index contributed by atoms with van der Waals surface area (Å²) in [5.41, 5.74) is 2.61. The van der Waals surface area contributed by atoms with Crippen LogP contribution in [-0.4, -0.2) is 86.6 Å². The summed E-state index contributed by atoms with van der Waals surface area (Å²) in [6, 6.07) is 18.8. The van der Waals surface area contributed by atoms with Crippen molar-refractivity contribution in [1.82, 2.24) is 20.0 Å². The Morgan fingerprint density at radius 1 is 0.943 bits per heavy atom. The number of carbonyl (C=O) groups excluding carboxylic acids is 1. The standard InChI is InChI=1S/C28H40N4O2.ClH/c1-29-27(24-13-16-30(17-14-24)15-12-23-8-4-3-5-9-23)28(33)32-20-18-31(19-21-32)22-25-10-6-7-11-26(25)34-2;/h3-11,24,27,29H,12-22H2,1-2H3;1H/t27-;/m1./s1. The number of piperidine rings is 1. The molecule has 0 radical (unpaired) electrons. The van der Waals surface area contributed by atoms with Crippen LogP contribution < -0.4 is 10.1 Å². The lowest BCUT2D eigenvalue weighted by Crippen LogP contribution is -2.56. The summed E-state index contributed by atoms with van der Waals surface area (Å²) < 4.78 is 5.50. The first kappa shape index (κ1) is 27.5. The van der Waals surface area contributed by atoms with Crippen molar-refractivity contribution in [3.63, 3.8) is 0 Å². The van der Waals surface area contributed by atoms with E-state index in [1.165, 1.54) is 11.1 Å². The maximum absolute atomic E-state index is 13.4. The summed E-state index contributed by atoms with van der Waals surface area (Å²) in [5.74, 6) is 1.63. The van der Waals surface area contributed by atoms with Crippen molar-refractivity contribution >= 4 is 18.3 Å². The Morgan fingerprint density at radius 3 is 2.26 bits per heavy atom. The number of hydrogen-bond acceptors (Lipinski definition) is 5. The van der Waals surface area contributed by atoms with Crippen LogP contribution in [0.4, 0.5) is 0 Å². The fourth-order valence-electron chi connectivity index (χ4n) is 5.40. The molecule has 0 aromatic heterocycles. The first-order valence-electron chi connectivity index (χ1n) is 12.7. The Morgan fingerprint density at radius 2 is 1.60 bits per heavy atom. The van der Waals surface area contributed by atoms with E-state index in [2.05, 4.69) is 62.5 Å². The Bertz CT molecular complexity index is 897. The van der Waals surface area contributed by atoms with Crippen LogP contribution in [0.25, 0.3) is 0 Å². The summed E-state index contributed by atoms with van der Waals surface area (Å²) >= 11 is 0. The zero-order valence-corrected chi connectivity index (χ0v) is 22.0. The Labute approximate surface area is 217 Å². The quantitative estimate of drug-likeness (QED) is 0.572. The molecule has 6 nitrogen and oxygen atoms in total. The number of para-hydroxylation sites is 1. The second-order valence-electron chi connectivity index (χ2n) is 9.59. The highest BCUT2D eigenvalue weighted by molar-refractivity contribution is 5.85. The topological polar surface area (TPSA) is 48.1 Å². The third-order valence-electron chi connectivity index (χ3n) is 7.51. The van der Waals surface area contributed by atoms with Crippen molar-refractivity contribution in [3.05, 3.63) is 65.7 Å². The first-order chi connectivity index (χ1) is 16.7. The van der Waals surface area contributed by atoms with Crippen LogP contribution in [0.15, 0.2) is 54.6 Å². The van der Waals surface area contributed by atoms with Crippen LogP contribution in [0.3, 0.4) is 0 Å². The maximum atomic E-state index is 13.4. The van der Waals surface area contributed by atoms with E-state index < -0.39 is 0 Å². The van der Waals surface area contributed by atoms with E-state index in [1.807, 2.05) is 19.2 Å². The third-order valence-corrected chi connectivity index (χ3v) is 7.51. The van der Waals surface area contributed by atoms with E-state index in [9.17, 15) is 4.79 Å². The monoisotopic (exact) mass is 500 g/mol. The molecule has 1 N–H and O–H groups in total. The van der Waals surface area contributed by atoms with Gasteiger partial charge in [-0.1, -0.05) is 48.5 Å². The molecule has 0 saturated carbocycles. The molecule has 1 amide bonds. The van der Waals surface area contributed by atoms with Crippen LogP contribution in [-0.2, 0) is 17.8 Å². The smallest absolute Gasteiger partial charge is 0.240 e. The predicted octanol–water partition coefficient (Wildman–Crippen LogP) is 3.30. The molecule has 2 aliphatic heterocycles. The van der Waals surface area contributed by atoms with Crippen LogP contribution in [0.5, 0.6) is 5.75 Å². The Hall–Kier alpha value is -2.12. The van der Waals surface area contributed by atoms with E-state index in [0.29, 0.717) is 5.92 Å². The second kappa shape index (κ2) is 13.8. The number of benzene rings is 2. The second-order valence-corrected chi connectivity index (χ2v) is 9.59. The molecule has 0 aliphatic carbocycles. The van der Waals surface area contributed by atoms with Gasteiger partial charge in [-0.15, -0.1) is 12.4 Å². The molecule has 2 aliphatic rings. The number of ether oxygens (including phenoxy) is 1. The first-order valence-corrected chi connectivity index (χ1v) is 12.7. The summed E-state index contributed by atoms with van der Waals surface area (Å²) in [7, 11) is 3.67. The van der Waals surface area contributed by atoms with E-state index >= 15 is 0 Å². The molecule has 35 heavy (non-hydrogen) atoms. The number of rotatable bonds is 9. The Kier molecular flexibility index (Phi) is 10.9. The summed E-state index contributed by atoms with van der Waals surface area (Å²) in [6.07, 6.45) is 3.26. The molecule has 0 bridgehead atoms. The largest absolute Gasteiger partial charge is 0.496 e. The number of amides is 1. The van der Waals surface area contributed by atoms with Crippen molar-refractivity contribution in [2.45, 2.75) is 31.8 Å². The van der Waals surface area contributed by atoms with Gasteiger partial charge in [-0.3, -0.25) is 9.69 Å². The number of nitrogens with one attached hydrogen (secondary N) is 1. The minimum Gasteiger partial charge on any atom is -0.496 e. The fourth-order valence-corrected chi connectivity index (χ4v) is 5.40. The van der Waals surface area contributed by atoms with Crippen molar-refractivity contribution in [2.24, 2.45) is 5.92 Å². The average molecular weight is 501 g/mol. The third kappa shape index (κ3) is 7.43. The molecule has 2 aromatic carbocycles. The average Bonchev–Trinajstić information content (AvgIpc) is 2.90. The molecular formula is C28H41ClN4O2.